The lowest BCUT2D eigenvalue weighted by Gasteiger charge is -2.28. The molecule has 2 N–H and O–H groups in total. The van der Waals surface area contributed by atoms with Crippen molar-refractivity contribution in [3.8, 4) is 0 Å². The fraction of sp³-hybridized carbons (Fsp3) is 0.588. The van der Waals surface area contributed by atoms with Gasteiger partial charge < -0.3 is 10.2 Å². The highest BCUT2D eigenvalue weighted by atomic mass is 16.3. The van der Waals surface area contributed by atoms with Crippen molar-refractivity contribution >= 4 is 16.8 Å². The van der Waals surface area contributed by atoms with Crippen LogP contribution in [0.2, 0.25) is 0 Å². The molecule has 2 aliphatic rings. The highest BCUT2D eigenvalue weighted by Gasteiger charge is 2.33. The first-order valence-corrected chi connectivity index (χ1v) is 8.19. The van der Waals surface area contributed by atoms with Crippen LogP contribution in [0.15, 0.2) is 22.6 Å². The number of nitrogens with zero attached hydrogens (tertiary/aromatic N) is 2. The van der Waals surface area contributed by atoms with Gasteiger partial charge in [0.05, 0.1) is 12.2 Å². The first-order chi connectivity index (χ1) is 10.3. The van der Waals surface area contributed by atoms with Gasteiger partial charge in [0.25, 0.3) is 0 Å². The summed E-state index contributed by atoms with van der Waals surface area (Å²) in [7, 11) is 0. The molecule has 4 heteroatoms. The molecule has 1 atom stereocenters. The summed E-state index contributed by atoms with van der Waals surface area (Å²) in [6.07, 6.45) is 8.28. The van der Waals surface area contributed by atoms with E-state index in [-0.39, 0.29) is 0 Å². The SMILES string of the molecule is Nc1cccc2oc(CN3CCCC3C3CCCC3)nc12. The molecule has 1 aliphatic heterocycles. The van der Waals surface area contributed by atoms with Crippen molar-refractivity contribution in [2.24, 2.45) is 5.92 Å². The molecule has 1 aromatic carbocycles. The maximum Gasteiger partial charge on any atom is 0.209 e. The Kier molecular flexibility index (Phi) is 3.34. The molecule has 1 aliphatic carbocycles. The fourth-order valence-electron chi connectivity index (χ4n) is 4.18. The number of hydrogen-bond acceptors (Lipinski definition) is 4. The molecule has 0 spiro atoms. The van der Waals surface area contributed by atoms with Crippen LogP contribution in [0, 0.1) is 5.92 Å². The van der Waals surface area contributed by atoms with Gasteiger partial charge in [-0.2, -0.15) is 0 Å². The molecular weight excluding hydrogens is 262 g/mol. The van der Waals surface area contributed by atoms with Gasteiger partial charge in [0.2, 0.25) is 5.89 Å². The zero-order valence-electron chi connectivity index (χ0n) is 12.4. The van der Waals surface area contributed by atoms with Crippen molar-refractivity contribution in [2.75, 3.05) is 12.3 Å². The summed E-state index contributed by atoms with van der Waals surface area (Å²) < 4.78 is 5.89. The normalized spacial score (nSPS) is 24.3. The van der Waals surface area contributed by atoms with E-state index in [1.807, 2.05) is 18.2 Å². The maximum absolute atomic E-state index is 5.97. The second-order valence-corrected chi connectivity index (χ2v) is 6.53. The molecule has 0 amide bonds. The van der Waals surface area contributed by atoms with Gasteiger partial charge in [0.15, 0.2) is 5.58 Å². The molecule has 1 saturated heterocycles. The van der Waals surface area contributed by atoms with Crippen LogP contribution in [0.25, 0.3) is 11.1 Å². The molecule has 2 fully saturated rings. The Bertz CT molecular complexity index is 630. The molecule has 4 rings (SSSR count). The molecule has 1 saturated carbocycles. The molecule has 2 aromatic rings. The zero-order chi connectivity index (χ0) is 14.2. The number of hydrogen-bond donors (Lipinski definition) is 1. The zero-order valence-corrected chi connectivity index (χ0v) is 12.4. The monoisotopic (exact) mass is 285 g/mol. The summed E-state index contributed by atoms with van der Waals surface area (Å²) in [4.78, 5) is 7.18. The van der Waals surface area contributed by atoms with E-state index in [9.17, 15) is 0 Å². The minimum Gasteiger partial charge on any atom is -0.439 e. The smallest absolute Gasteiger partial charge is 0.209 e. The Hall–Kier alpha value is -1.55. The van der Waals surface area contributed by atoms with Crippen molar-refractivity contribution < 1.29 is 4.42 Å². The molecule has 112 valence electrons. The van der Waals surface area contributed by atoms with Crippen LogP contribution in [0.4, 0.5) is 5.69 Å². The number of oxazole rings is 1. The van der Waals surface area contributed by atoms with E-state index in [0.29, 0.717) is 5.69 Å². The minimum atomic E-state index is 0.705. The van der Waals surface area contributed by atoms with Crippen LogP contribution >= 0.6 is 0 Å². The van der Waals surface area contributed by atoms with Crippen LogP contribution in [-0.2, 0) is 6.54 Å². The van der Waals surface area contributed by atoms with Crippen LogP contribution in [-0.4, -0.2) is 22.5 Å². The first kappa shape index (κ1) is 13.1. The van der Waals surface area contributed by atoms with Crippen LogP contribution in [0.1, 0.15) is 44.4 Å². The third-order valence-electron chi connectivity index (χ3n) is 5.19. The Morgan fingerprint density at radius 1 is 1.19 bits per heavy atom. The van der Waals surface area contributed by atoms with E-state index in [1.165, 1.54) is 45.1 Å². The number of nitrogens with two attached hydrogens (primary N) is 1. The lowest BCUT2D eigenvalue weighted by Crippen LogP contribution is -2.34. The quantitative estimate of drug-likeness (QED) is 0.876. The van der Waals surface area contributed by atoms with Crippen molar-refractivity contribution in [3.05, 3.63) is 24.1 Å². The second kappa shape index (κ2) is 5.34. The first-order valence-electron chi connectivity index (χ1n) is 8.19. The number of nitrogen functional groups attached to an aromatic ring is 1. The van der Waals surface area contributed by atoms with Gasteiger partial charge >= 0.3 is 0 Å². The van der Waals surface area contributed by atoms with E-state index in [4.69, 9.17) is 10.2 Å². The molecule has 1 unspecified atom stereocenters. The average molecular weight is 285 g/mol. The Morgan fingerprint density at radius 3 is 2.86 bits per heavy atom. The highest BCUT2D eigenvalue weighted by molar-refractivity contribution is 5.85. The summed E-state index contributed by atoms with van der Waals surface area (Å²) in [5.41, 5.74) is 8.29. The van der Waals surface area contributed by atoms with Gasteiger partial charge in [-0.3, -0.25) is 4.90 Å². The summed E-state index contributed by atoms with van der Waals surface area (Å²) in [5, 5.41) is 0. The topological polar surface area (TPSA) is 55.3 Å². The Balaban J connectivity index is 1.54. The van der Waals surface area contributed by atoms with E-state index >= 15 is 0 Å². The van der Waals surface area contributed by atoms with Crippen LogP contribution in [0.3, 0.4) is 0 Å². The number of aromatic nitrogens is 1. The Morgan fingerprint density at radius 2 is 2.05 bits per heavy atom. The largest absolute Gasteiger partial charge is 0.439 e. The van der Waals surface area contributed by atoms with Crippen molar-refractivity contribution in [2.45, 2.75) is 51.1 Å². The summed E-state index contributed by atoms with van der Waals surface area (Å²) in [6, 6.07) is 6.48. The number of anilines is 1. The van der Waals surface area contributed by atoms with Crippen molar-refractivity contribution in [3.63, 3.8) is 0 Å². The highest BCUT2D eigenvalue weighted by Crippen LogP contribution is 2.36. The summed E-state index contributed by atoms with van der Waals surface area (Å²) in [5.74, 6) is 1.70. The van der Waals surface area contributed by atoms with Gasteiger partial charge in [0, 0.05) is 6.04 Å². The minimum absolute atomic E-state index is 0.705. The molecule has 4 nitrogen and oxygen atoms in total. The number of rotatable bonds is 3. The molecule has 2 heterocycles. The number of benzene rings is 1. The molecule has 21 heavy (non-hydrogen) atoms. The number of fused-ring (bicyclic) bond motifs is 1. The van der Waals surface area contributed by atoms with E-state index in [0.717, 1.165) is 35.5 Å². The fourth-order valence-corrected chi connectivity index (χ4v) is 4.18. The molecule has 0 bridgehead atoms. The van der Waals surface area contributed by atoms with Gasteiger partial charge in [-0.15, -0.1) is 0 Å². The van der Waals surface area contributed by atoms with Gasteiger partial charge in [-0.05, 0) is 50.3 Å². The Labute approximate surface area is 125 Å². The van der Waals surface area contributed by atoms with Gasteiger partial charge in [0.1, 0.15) is 5.52 Å². The summed E-state index contributed by atoms with van der Waals surface area (Å²) in [6.45, 7) is 2.00. The van der Waals surface area contributed by atoms with Gasteiger partial charge in [-0.1, -0.05) is 18.9 Å². The van der Waals surface area contributed by atoms with Crippen molar-refractivity contribution in [1.82, 2.24) is 9.88 Å². The molecular formula is C17H23N3O. The number of likely N-dealkylation sites (tertiary alicyclic amines) is 1. The van der Waals surface area contributed by atoms with E-state index < -0.39 is 0 Å². The van der Waals surface area contributed by atoms with Crippen molar-refractivity contribution in [1.29, 1.82) is 0 Å². The summed E-state index contributed by atoms with van der Waals surface area (Å²) >= 11 is 0. The number of para-hydroxylation sites is 1. The third kappa shape index (κ3) is 2.42. The maximum atomic E-state index is 5.97. The third-order valence-corrected chi connectivity index (χ3v) is 5.19. The molecule has 0 radical (unpaired) electrons. The van der Waals surface area contributed by atoms with Gasteiger partial charge in [-0.25, -0.2) is 4.98 Å². The average Bonchev–Trinajstić information content (AvgIpc) is 3.17. The van der Waals surface area contributed by atoms with Crippen LogP contribution < -0.4 is 5.73 Å². The lowest BCUT2D eigenvalue weighted by molar-refractivity contribution is 0.169. The van der Waals surface area contributed by atoms with Crippen LogP contribution in [0.5, 0.6) is 0 Å². The molecule has 1 aromatic heterocycles. The second-order valence-electron chi connectivity index (χ2n) is 6.53. The predicted molar refractivity (Wildman–Crippen MR) is 83.8 cm³/mol. The standard InChI is InChI=1S/C17H23N3O/c18-13-7-3-9-15-17(13)19-16(21-15)11-20-10-4-8-14(20)12-5-1-2-6-12/h3,7,9,12,14H,1-2,4-6,8,10-11,18H2. The van der Waals surface area contributed by atoms with E-state index in [1.54, 1.807) is 0 Å². The predicted octanol–water partition coefficient (Wildman–Crippen LogP) is 3.56. The van der Waals surface area contributed by atoms with E-state index in [2.05, 4.69) is 9.88 Å². The lowest BCUT2D eigenvalue weighted by atomic mass is 9.96.